The standard InChI is InChI=1S/C53H60F2N10O5/c1-56-38-16-24-64(48(67)29-38)43-10-17-57-50-40(43)30-39(59(50)2)32-62-20-14-36(15-21-62)49-41(54)27-37(28-42(49)55)52(69)63-22-12-34(13-23-63)31-61-18-4-5-33(11-19-61)25-35-6-7-44-46(26-35)60(3)53(70)65(44)45-8-9-47(66)58-51(45)68/h6-7,10,16-17,24,26-30,33-34,36H,4-5,8-9,11-15,18-23,25,31-32H2,1-3H3,(H-,56,58,66,67,68)/p+1/b65-45-. The van der Waals surface area contributed by atoms with Crippen LogP contribution in [-0.2, 0) is 29.6 Å². The number of halogens is 2. The van der Waals surface area contributed by atoms with E-state index in [9.17, 15) is 24.0 Å². The van der Waals surface area contributed by atoms with Crippen LogP contribution in [0.1, 0.15) is 90.9 Å². The van der Waals surface area contributed by atoms with Gasteiger partial charge in [-0.2, -0.15) is 14.3 Å². The average Bonchev–Trinajstić information content (AvgIpc) is 3.68. The molecule has 10 rings (SSSR count). The first kappa shape index (κ1) is 47.1. The molecule has 70 heavy (non-hydrogen) atoms. The summed E-state index contributed by atoms with van der Waals surface area (Å²) in [4.78, 5) is 77.0. The lowest BCUT2D eigenvalue weighted by molar-refractivity contribution is -0.323. The quantitative estimate of drug-likeness (QED) is 0.115. The fourth-order valence-corrected chi connectivity index (χ4v) is 11.6. The number of rotatable bonds is 10. The third kappa shape index (κ3) is 9.28. The number of aromatic nitrogens is 3. The third-order valence-electron chi connectivity index (χ3n) is 15.6. The summed E-state index contributed by atoms with van der Waals surface area (Å²) >= 11 is 0. The highest BCUT2D eigenvalue weighted by Gasteiger charge is 2.43. The summed E-state index contributed by atoms with van der Waals surface area (Å²) in [6.07, 6.45) is 10.8. The lowest BCUT2D eigenvalue weighted by Crippen LogP contribution is -2.45. The number of anilines is 2. The maximum absolute atomic E-state index is 15.9. The van der Waals surface area contributed by atoms with E-state index in [1.54, 1.807) is 46.9 Å². The van der Waals surface area contributed by atoms with E-state index in [4.69, 9.17) is 0 Å². The molecular weight excluding hydrogens is 895 g/mol. The second-order valence-electron chi connectivity index (χ2n) is 19.9. The number of carbonyl (C=O) groups excluding carboxylic acids is 4. The molecule has 5 aliphatic rings. The lowest BCUT2D eigenvalue weighted by Gasteiger charge is -2.35. The number of urea groups is 1. The van der Waals surface area contributed by atoms with Gasteiger partial charge < -0.3 is 19.7 Å². The van der Waals surface area contributed by atoms with Gasteiger partial charge in [0, 0.05) is 99.5 Å². The lowest BCUT2D eigenvalue weighted by atomic mass is 9.87. The summed E-state index contributed by atoms with van der Waals surface area (Å²) in [5.41, 5.74) is 6.12. The molecule has 5 aromatic rings. The minimum atomic E-state index is -0.657. The Labute approximate surface area is 405 Å². The van der Waals surface area contributed by atoms with Crippen molar-refractivity contribution in [3.8, 4) is 5.69 Å². The molecule has 2 N–H and O–H groups in total. The SMILES string of the molecule is CNc1ccn(-c2ccnc3c2cc(CN2CCC(c4c(F)cc(C(=O)N5CCC(CN6CCCC(Cc7ccc8c(c7)N(C)C(=O)/[N+]8=C7/CCC(=O)NC7=O)CC6)CC5)cc4F)CC2)n3C)c(=O)c1. The Balaban J connectivity index is 0.695. The number of piperidine rings is 3. The summed E-state index contributed by atoms with van der Waals surface area (Å²) < 4.78 is 36.8. The molecule has 15 nitrogen and oxygen atoms in total. The molecule has 8 heterocycles. The van der Waals surface area contributed by atoms with E-state index in [-0.39, 0.29) is 53.3 Å². The van der Waals surface area contributed by atoms with Crippen molar-refractivity contribution in [2.24, 2.45) is 18.9 Å². The van der Waals surface area contributed by atoms with Crippen molar-refractivity contribution in [3.63, 3.8) is 0 Å². The smallest absolute Gasteiger partial charge is 0.388 e. The first-order chi connectivity index (χ1) is 33.8. The van der Waals surface area contributed by atoms with Crippen LogP contribution >= 0.6 is 0 Å². The Morgan fingerprint density at radius 2 is 1.56 bits per heavy atom. The number of amides is 5. The number of hydrogen-bond donors (Lipinski definition) is 2. The Hall–Kier alpha value is -6.59. The zero-order chi connectivity index (χ0) is 48.8. The number of fused-ring (bicyclic) bond motifs is 2. The number of nitrogens with zero attached hydrogens (tertiary/aromatic N) is 8. The topological polar surface area (TPSA) is 148 Å². The van der Waals surface area contributed by atoms with Gasteiger partial charge in [0.2, 0.25) is 5.91 Å². The van der Waals surface area contributed by atoms with Crippen molar-refractivity contribution in [1.82, 2.24) is 34.1 Å². The van der Waals surface area contributed by atoms with Crippen LogP contribution in [0, 0.1) is 23.5 Å². The number of nitrogens with one attached hydrogen (secondary N) is 2. The molecule has 0 aliphatic carbocycles. The van der Waals surface area contributed by atoms with E-state index in [1.165, 1.54) is 16.7 Å². The van der Waals surface area contributed by atoms with Gasteiger partial charge in [0.25, 0.3) is 17.4 Å². The normalized spacial score (nSPS) is 21.1. The number of hydrogen-bond acceptors (Lipinski definition) is 9. The second-order valence-corrected chi connectivity index (χ2v) is 19.9. The molecule has 17 heteroatoms. The van der Waals surface area contributed by atoms with Crippen LogP contribution in [0.5, 0.6) is 0 Å². The van der Waals surface area contributed by atoms with Gasteiger partial charge >= 0.3 is 6.03 Å². The first-order valence-corrected chi connectivity index (χ1v) is 24.8. The van der Waals surface area contributed by atoms with E-state index < -0.39 is 17.5 Å². The molecule has 3 aromatic heterocycles. The third-order valence-corrected chi connectivity index (χ3v) is 15.6. The Kier molecular flexibility index (Phi) is 13.2. The first-order valence-electron chi connectivity index (χ1n) is 24.8. The van der Waals surface area contributed by atoms with Crippen LogP contribution in [-0.4, -0.2) is 123 Å². The van der Waals surface area contributed by atoms with Gasteiger partial charge in [0.05, 0.1) is 12.7 Å². The predicted molar refractivity (Wildman–Crippen MR) is 263 cm³/mol. The van der Waals surface area contributed by atoms with Gasteiger partial charge in [0.15, 0.2) is 17.1 Å². The van der Waals surface area contributed by atoms with E-state index in [1.807, 2.05) is 35.9 Å². The maximum Gasteiger partial charge on any atom is 0.504 e. The highest BCUT2D eigenvalue weighted by molar-refractivity contribution is 6.42. The largest absolute Gasteiger partial charge is 0.504 e. The summed E-state index contributed by atoms with van der Waals surface area (Å²) in [5.74, 6) is -1.87. The average molecular weight is 956 g/mol. The molecule has 0 radical (unpaired) electrons. The minimum Gasteiger partial charge on any atom is -0.388 e. The van der Waals surface area contributed by atoms with Crippen molar-refractivity contribution in [2.75, 3.05) is 70.1 Å². The fraction of sp³-hybridized carbons (Fsp3) is 0.453. The van der Waals surface area contributed by atoms with Gasteiger partial charge in [-0.1, -0.05) is 6.07 Å². The second kappa shape index (κ2) is 19.7. The summed E-state index contributed by atoms with van der Waals surface area (Å²) in [6, 6.07) is 15.5. The van der Waals surface area contributed by atoms with Crippen molar-refractivity contribution in [1.29, 1.82) is 0 Å². The molecule has 4 fully saturated rings. The minimum absolute atomic E-state index is 0.0596. The number of imide groups is 1. The van der Waals surface area contributed by atoms with Crippen LogP contribution in [0.25, 0.3) is 16.7 Å². The van der Waals surface area contributed by atoms with E-state index in [0.717, 1.165) is 97.5 Å². The molecule has 1 atom stereocenters. The van der Waals surface area contributed by atoms with E-state index >= 15 is 8.78 Å². The van der Waals surface area contributed by atoms with Gasteiger partial charge in [0.1, 0.15) is 17.3 Å². The molecule has 0 bridgehead atoms. The van der Waals surface area contributed by atoms with Crippen molar-refractivity contribution < 1.29 is 32.5 Å². The number of benzene rings is 2. The van der Waals surface area contributed by atoms with Crippen molar-refractivity contribution in [2.45, 2.75) is 76.7 Å². The van der Waals surface area contributed by atoms with Gasteiger partial charge in [-0.25, -0.2) is 13.8 Å². The van der Waals surface area contributed by atoms with Crippen LogP contribution in [0.4, 0.5) is 30.6 Å². The molecule has 4 saturated heterocycles. The Bertz CT molecular complexity index is 2960. The molecular formula is C53H61F2N10O5+. The van der Waals surface area contributed by atoms with Crippen LogP contribution in [0.2, 0.25) is 0 Å². The van der Waals surface area contributed by atoms with Crippen molar-refractivity contribution >= 4 is 57.6 Å². The molecule has 0 spiro atoms. The number of likely N-dealkylation sites (tertiary alicyclic amines) is 3. The van der Waals surface area contributed by atoms with Crippen molar-refractivity contribution in [3.05, 3.63) is 111 Å². The predicted octanol–water partition coefficient (Wildman–Crippen LogP) is 6.71. The van der Waals surface area contributed by atoms with Crippen LogP contribution < -0.4 is 21.1 Å². The molecule has 0 saturated carbocycles. The van der Waals surface area contributed by atoms with Gasteiger partial charge in [-0.3, -0.25) is 34.0 Å². The highest BCUT2D eigenvalue weighted by Crippen LogP contribution is 2.38. The monoisotopic (exact) mass is 955 g/mol. The number of aryl methyl sites for hydroxylation is 1. The number of carbonyl (C=O) groups is 4. The molecule has 2 aromatic carbocycles. The van der Waals surface area contributed by atoms with Crippen LogP contribution in [0.15, 0.2) is 71.8 Å². The Morgan fingerprint density at radius 3 is 2.29 bits per heavy atom. The fourth-order valence-electron chi connectivity index (χ4n) is 11.6. The highest BCUT2D eigenvalue weighted by atomic mass is 19.1. The molecule has 5 aliphatic heterocycles. The zero-order valence-corrected chi connectivity index (χ0v) is 40.2. The summed E-state index contributed by atoms with van der Waals surface area (Å²) in [6.45, 7) is 5.98. The summed E-state index contributed by atoms with van der Waals surface area (Å²) in [7, 11) is 5.45. The van der Waals surface area contributed by atoms with E-state index in [0.29, 0.717) is 68.8 Å². The molecule has 5 amide bonds. The van der Waals surface area contributed by atoms with Crippen LogP contribution in [0.3, 0.4) is 0 Å². The Morgan fingerprint density at radius 1 is 0.814 bits per heavy atom. The molecule has 1 unspecified atom stereocenters. The zero-order valence-electron chi connectivity index (χ0n) is 40.2. The number of pyridine rings is 2. The molecule has 366 valence electrons. The van der Waals surface area contributed by atoms with Gasteiger partial charge in [-0.05, 0) is 143 Å². The van der Waals surface area contributed by atoms with Gasteiger partial charge in [-0.15, -0.1) is 0 Å². The maximum atomic E-state index is 15.9. The summed E-state index contributed by atoms with van der Waals surface area (Å²) in [5, 5.41) is 6.20. The van der Waals surface area contributed by atoms with E-state index in [2.05, 4.69) is 37.6 Å².